The number of carbonyl (C=O) groups is 1. The largest absolute Gasteiger partial charge is 0.465 e. The summed E-state index contributed by atoms with van der Waals surface area (Å²) < 4.78 is 11.8. The molecule has 0 saturated carbocycles. The first-order chi connectivity index (χ1) is 7.65. The number of nitrogens with zero attached hydrogens (tertiary/aromatic N) is 1. The molecule has 0 fully saturated rings. The highest BCUT2D eigenvalue weighted by Crippen LogP contribution is 2.15. The lowest BCUT2D eigenvalue weighted by molar-refractivity contribution is 0.0564. The highest BCUT2D eigenvalue weighted by molar-refractivity contribution is 5.90. The van der Waals surface area contributed by atoms with Crippen molar-refractivity contribution in [1.82, 2.24) is 4.57 Å². The summed E-state index contributed by atoms with van der Waals surface area (Å²) in [5.41, 5.74) is 1.24. The molecule has 1 aromatic rings. The maximum absolute atomic E-state index is 11.7. The van der Waals surface area contributed by atoms with E-state index in [1.54, 1.807) is 0 Å². The summed E-state index contributed by atoms with van der Waals surface area (Å²) in [6, 6.07) is 1.46. The number of aryl methyl sites for hydroxylation is 1. The topological polar surface area (TPSA) is 57.5 Å². The Bertz CT molecular complexity index is 489. The lowest BCUT2D eigenvalue weighted by Crippen LogP contribution is -2.29. The van der Waals surface area contributed by atoms with Crippen LogP contribution in [0, 0.1) is 6.92 Å². The molecule has 0 atom stereocenters. The van der Waals surface area contributed by atoms with Crippen LogP contribution >= 0.6 is 0 Å². The monoisotopic (exact) mass is 223 g/mol. The summed E-state index contributed by atoms with van der Waals surface area (Å²) in [6.07, 6.45) is 0. The number of fused-ring (bicyclic) bond motifs is 1. The van der Waals surface area contributed by atoms with Crippen molar-refractivity contribution >= 4 is 5.97 Å². The van der Waals surface area contributed by atoms with Crippen molar-refractivity contribution in [2.45, 2.75) is 20.1 Å². The second-order valence-corrected chi connectivity index (χ2v) is 3.67. The molecule has 0 unspecified atom stereocenters. The van der Waals surface area contributed by atoms with Crippen LogP contribution in [0.1, 0.15) is 21.7 Å². The summed E-state index contributed by atoms with van der Waals surface area (Å²) >= 11 is 0. The molecule has 0 spiro atoms. The maximum Gasteiger partial charge on any atom is 0.343 e. The van der Waals surface area contributed by atoms with Gasteiger partial charge in [-0.3, -0.25) is 4.79 Å². The van der Waals surface area contributed by atoms with Gasteiger partial charge in [-0.15, -0.1) is 0 Å². The van der Waals surface area contributed by atoms with Gasteiger partial charge in [-0.1, -0.05) is 0 Å². The molecule has 2 rings (SSSR count). The SMILES string of the molecule is COC(=O)c1c2n(c(C)cc1=O)CCOC2. The third kappa shape index (κ3) is 1.63. The van der Waals surface area contributed by atoms with E-state index in [1.807, 2.05) is 11.5 Å². The van der Waals surface area contributed by atoms with Crippen LogP contribution in [0.4, 0.5) is 0 Å². The molecule has 0 amide bonds. The number of carbonyl (C=O) groups excluding carboxylic acids is 1. The van der Waals surface area contributed by atoms with Gasteiger partial charge in [-0.25, -0.2) is 4.79 Å². The predicted molar refractivity (Wildman–Crippen MR) is 56.4 cm³/mol. The molecule has 5 heteroatoms. The van der Waals surface area contributed by atoms with E-state index in [1.165, 1.54) is 13.2 Å². The van der Waals surface area contributed by atoms with E-state index in [4.69, 9.17) is 4.74 Å². The Balaban J connectivity index is 2.68. The van der Waals surface area contributed by atoms with Gasteiger partial charge in [0.05, 0.1) is 26.0 Å². The van der Waals surface area contributed by atoms with Crippen molar-refractivity contribution in [2.24, 2.45) is 0 Å². The fraction of sp³-hybridized carbons (Fsp3) is 0.455. The van der Waals surface area contributed by atoms with Crippen molar-refractivity contribution in [3.63, 3.8) is 0 Å². The van der Waals surface area contributed by atoms with Crippen LogP contribution in [0.5, 0.6) is 0 Å². The van der Waals surface area contributed by atoms with Crippen molar-refractivity contribution in [3.05, 3.63) is 33.2 Å². The quantitative estimate of drug-likeness (QED) is 0.649. The van der Waals surface area contributed by atoms with Gasteiger partial charge in [0.2, 0.25) is 0 Å². The van der Waals surface area contributed by atoms with Crippen molar-refractivity contribution in [2.75, 3.05) is 13.7 Å². The molecule has 0 N–H and O–H groups in total. The highest BCUT2D eigenvalue weighted by Gasteiger charge is 2.22. The van der Waals surface area contributed by atoms with Crippen LogP contribution in [0.2, 0.25) is 0 Å². The second-order valence-electron chi connectivity index (χ2n) is 3.67. The Hall–Kier alpha value is -1.62. The van der Waals surface area contributed by atoms with Crippen LogP contribution in [0.3, 0.4) is 0 Å². The first-order valence-electron chi connectivity index (χ1n) is 5.04. The minimum atomic E-state index is -0.598. The zero-order valence-electron chi connectivity index (χ0n) is 9.28. The molecule has 1 aromatic heterocycles. The highest BCUT2D eigenvalue weighted by atomic mass is 16.5. The molecule has 0 saturated heterocycles. The molecule has 0 aromatic carbocycles. The van der Waals surface area contributed by atoms with E-state index in [0.29, 0.717) is 18.8 Å². The minimum absolute atomic E-state index is 0.0906. The zero-order valence-corrected chi connectivity index (χ0v) is 9.28. The Kier molecular flexibility index (Phi) is 2.78. The van der Waals surface area contributed by atoms with E-state index in [9.17, 15) is 9.59 Å². The van der Waals surface area contributed by atoms with Gasteiger partial charge in [0, 0.05) is 18.3 Å². The van der Waals surface area contributed by atoms with Gasteiger partial charge in [0.1, 0.15) is 5.56 Å². The van der Waals surface area contributed by atoms with E-state index in [-0.39, 0.29) is 17.6 Å². The smallest absolute Gasteiger partial charge is 0.343 e. The van der Waals surface area contributed by atoms with Crippen molar-refractivity contribution in [1.29, 1.82) is 0 Å². The molecule has 0 aliphatic carbocycles. The molecule has 1 aliphatic heterocycles. The number of esters is 1. The lowest BCUT2D eigenvalue weighted by Gasteiger charge is -2.23. The molecule has 16 heavy (non-hydrogen) atoms. The molecular weight excluding hydrogens is 210 g/mol. The fourth-order valence-corrected chi connectivity index (χ4v) is 1.94. The molecule has 0 radical (unpaired) electrons. The average molecular weight is 223 g/mol. The number of rotatable bonds is 1. The van der Waals surface area contributed by atoms with E-state index >= 15 is 0 Å². The average Bonchev–Trinajstić information content (AvgIpc) is 2.28. The predicted octanol–water partition coefficient (Wildman–Crippen LogP) is 0.474. The van der Waals surface area contributed by atoms with E-state index in [2.05, 4.69) is 4.74 Å². The maximum atomic E-state index is 11.7. The molecule has 1 aliphatic rings. The number of aromatic nitrogens is 1. The normalized spacial score (nSPS) is 14.4. The van der Waals surface area contributed by atoms with Gasteiger partial charge in [-0.05, 0) is 6.92 Å². The number of ether oxygens (including phenoxy) is 2. The van der Waals surface area contributed by atoms with E-state index in [0.717, 1.165) is 5.69 Å². The number of pyridine rings is 1. The fourth-order valence-electron chi connectivity index (χ4n) is 1.94. The van der Waals surface area contributed by atoms with Gasteiger partial charge >= 0.3 is 5.97 Å². The van der Waals surface area contributed by atoms with Crippen LogP contribution in [0.25, 0.3) is 0 Å². The minimum Gasteiger partial charge on any atom is -0.465 e. The summed E-state index contributed by atoms with van der Waals surface area (Å²) in [6.45, 7) is 3.38. The Morgan fingerprint density at radius 2 is 2.31 bits per heavy atom. The van der Waals surface area contributed by atoms with Crippen molar-refractivity contribution in [3.8, 4) is 0 Å². The number of hydrogen-bond acceptors (Lipinski definition) is 4. The first-order valence-corrected chi connectivity index (χ1v) is 5.04. The zero-order chi connectivity index (χ0) is 11.7. The van der Waals surface area contributed by atoms with E-state index < -0.39 is 5.97 Å². The molecule has 2 heterocycles. The number of methoxy groups -OCH3 is 1. The van der Waals surface area contributed by atoms with Crippen LogP contribution < -0.4 is 5.43 Å². The third-order valence-electron chi connectivity index (χ3n) is 2.71. The molecular formula is C11H13NO4. The Morgan fingerprint density at radius 1 is 1.56 bits per heavy atom. The Labute approximate surface area is 92.6 Å². The summed E-state index contributed by atoms with van der Waals surface area (Å²) in [7, 11) is 1.27. The summed E-state index contributed by atoms with van der Waals surface area (Å²) in [5, 5.41) is 0. The lowest BCUT2D eigenvalue weighted by atomic mass is 10.1. The van der Waals surface area contributed by atoms with Crippen LogP contribution in [-0.2, 0) is 22.6 Å². The summed E-state index contributed by atoms with van der Waals surface area (Å²) in [4.78, 5) is 23.3. The van der Waals surface area contributed by atoms with Gasteiger partial charge in [-0.2, -0.15) is 0 Å². The Morgan fingerprint density at radius 3 is 3.00 bits per heavy atom. The molecule has 5 nitrogen and oxygen atoms in total. The van der Waals surface area contributed by atoms with Crippen LogP contribution in [-0.4, -0.2) is 24.3 Å². The van der Waals surface area contributed by atoms with Crippen LogP contribution in [0.15, 0.2) is 10.9 Å². The molecule has 0 bridgehead atoms. The second kappa shape index (κ2) is 4.09. The standard InChI is InChI=1S/C11H13NO4/c1-7-5-9(13)10(11(14)15-2)8-6-16-4-3-12(7)8/h5H,3-4,6H2,1-2H3. The molecule has 86 valence electrons. The van der Waals surface area contributed by atoms with Gasteiger partial charge in [0.15, 0.2) is 5.43 Å². The number of hydrogen-bond donors (Lipinski definition) is 0. The first kappa shape index (κ1) is 10.9. The van der Waals surface area contributed by atoms with Gasteiger partial charge in [0.25, 0.3) is 0 Å². The third-order valence-corrected chi connectivity index (χ3v) is 2.71. The summed E-state index contributed by atoms with van der Waals surface area (Å²) in [5.74, 6) is -0.598. The van der Waals surface area contributed by atoms with Crippen molar-refractivity contribution < 1.29 is 14.3 Å². The van der Waals surface area contributed by atoms with Gasteiger partial charge < -0.3 is 14.0 Å².